The lowest BCUT2D eigenvalue weighted by atomic mass is 9.83. The summed E-state index contributed by atoms with van der Waals surface area (Å²) in [4.78, 5) is 0. The van der Waals surface area contributed by atoms with Gasteiger partial charge in [0, 0.05) is 18.6 Å². The van der Waals surface area contributed by atoms with E-state index < -0.39 is 0 Å². The van der Waals surface area contributed by atoms with Gasteiger partial charge in [-0.15, -0.1) is 0 Å². The van der Waals surface area contributed by atoms with Gasteiger partial charge in [0.05, 0.1) is 0 Å². The van der Waals surface area contributed by atoms with E-state index in [2.05, 4.69) is 5.16 Å². The molecule has 1 aliphatic rings. The van der Waals surface area contributed by atoms with Crippen LogP contribution in [0.4, 0.5) is 0 Å². The first-order valence-electron chi connectivity index (χ1n) is 6.12. The van der Waals surface area contributed by atoms with Crippen LogP contribution in [0, 0.1) is 11.3 Å². The minimum atomic E-state index is -0.286. The summed E-state index contributed by atoms with van der Waals surface area (Å²) in [5, 5.41) is 11.7. The van der Waals surface area contributed by atoms with Gasteiger partial charge in [-0.2, -0.15) is 0 Å². The Labute approximate surface area is 97.8 Å². The minimum absolute atomic E-state index is 0.273. The van der Waals surface area contributed by atoms with Crippen LogP contribution in [0.5, 0.6) is 0 Å². The summed E-state index contributed by atoms with van der Waals surface area (Å²) in [6, 6.07) is 0. The van der Waals surface area contributed by atoms with Gasteiger partial charge in [-0.05, 0) is 18.8 Å². The number of nitrogens with zero attached hydrogens (tertiary/aromatic N) is 1. The molecule has 0 bridgehead atoms. The summed E-state index contributed by atoms with van der Waals surface area (Å²) in [6.45, 7) is 5.43. The maximum absolute atomic E-state index is 8.61. The Morgan fingerprint density at radius 1 is 1.44 bits per heavy atom. The standard InChI is InChI=1S/C12H24N2O2/c1-12(2,11(13)14-15)7-9-16-8-6-10-4-3-5-10/h10,15H,3-9H2,1-2H3,(H2,13,14). The van der Waals surface area contributed by atoms with Crippen molar-refractivity contribution in [3.8, 4) is 0 Å². The number of rotatable bonds is 7. The summed E-state index contributed by atoms with van der Waals surface area (Å²) >= 11 is 0. The maximum atomic E-state index is 8.61. The van der Waals surface area contributed by atoms with Crippen molar-refractivity contribution in [2.75, 3.05) is 13.2 Å². The first kappa shape index (κ1) is 13.3. The molecule has 0 heterocycles. The van der Waals surface area contributed by atoms with Crippen LogP contribution >= 0.6 is 0 Å². The van der Waals surface area contributed by atoms with Crippen molar-refractivity contribution in [3.63, 3.8) is 0 Å². The Hall–Kier alpha value is -0.770. The van der Waals surface area contributed by atoms with E-state index in [1.165, 1.54) is 25.7 Å². The second-order valence-corrected chi connectivity index (χ2v) is 5.32. The molecule has 4 nitrogen and oxygen atoms in total. The Kier molecular flexibility index (Phi) is 5.06. The Bertz CT molecular complexity index is 235. The third-order valence-electron chi connectivity index (χ3n) is 3.57. The van der Waals surface area contributed by atoms with E-state index in [9.17, 15) is 0 Å². The number of oxime groups is 1. The molecule has 0 aromatic carbocycles. The number of nitrogens with two attached hydrogens (primary N) is 1. The Balaban J connectivity index is 2.05. The lowest BCUT2D eigenvalue weighted by molar-refractivity contribution is 0.0928. The van der Waals surface area contributed by atoms with Crippen LogP contribution in [-0.4, -0.2) is 24.3 Å². The Morgan fingerprint density at radius 2 is 2.12 bits per heavy atom. The first-order chi connectivity index (χ1) is 7.56. The van der Waals surface area contributed by atoms with Gasteiger partial charge in [-0.25, -0.2) is 0 Å². The molecule has 16 heavy (non-hydrogen) atoms. The molecule has 3 N–H and O–H groups in total. The molecule has 0 unspecified atom stereocenters. The van der Waals surface area contributed by atoms with E-state index in [0.717, 1.165) is 18.9 Å². The molecule has 94 valence electrons. The van der Waals surface area contributed by atoms with E-state index in [1.807, 2.05) is 13.8 Å². The highest BCUT2D eigenvalue weighted by molar-refractivity contribution is 5.85. The second-order valence-electron chi connectivity index (χ2n) is 5.32. The van der Waals surface area contributed by atoms with Crippen LogP contribution < -0.4 is 5.73 Å². The second kappa shape index (κ2) is 6.09. The molecule has 0 aromatic rings. The molecule has 0 aromatic heterocycles. The topological polar surface area (TPSA) is 67.8 Å². The van der Waals surface area contributed by atoms with E-state index in [4.69, 9.17) is 15.7 Å². The third kappa shape index (κ3) is 4.00. The lowest BCUT2D eigenvalue weighted by Crippen LogP contribution is -2.33. The molecule has 0 radical (unpaired) electrons. The molecule has 0 amide bonds. The molecule has 4 heteroatoms. The predicted octanol–water partition coefficient (Wildman–Crippen LogP) is 2.36. The average molecular weight is 228 g/mol. The van der Waals surface area contributed by atoms with Crippen LogP contribution in [0.15, 0.2) is 5.16 Å². The van der Waals surface area contributed by atoms with Gasteiger partial charge >= 0.3 is 0 Å². The quantitative estimate of drug-likeness (QED) is 0.231. The van der Waals surface area contributed by atoms with Crippen molar-refractivity contribution in [2.45, 2.75) is 46.0 Å². The lowest BCUT2D eigenvalue weighted by Gasteiger charge is -2.26. The Morgan fingerprint density at radius 3 is 2.62 bits per heavy atom. The number of amidine groups is 1. The van der Waals surface area contributed by atoms with E-state index in [-0.39, 0.29) is 11.3 Å². The largest absolute Gasteiger partial charge is 0.409 e. The van der Waals surface area contributed by atoms with Crippen molar-refractivity contribution in [2.24, 2.45) is 22.2 Å². The summed E-state index contributed by atoms with van der Waals surface area (Å²) in [5.41, 5.74) is 5.30. The van der Waals surface area contributed by atoms with E-state index >= 15 is 0 Å². The number of hydrogen-bond acceptors (Lipinski definition) is 3. The highest BCUT2D eigenvalue weighted by Gasteiger charge is 2.23. The predicted molar refractivity (Wildman–Crippen MR) is 64.6 cm³/mol. The third-order valence-corrected chi connectivity index (χ3v) is 3.57. The zero-order chi connectivity index (χ0) is 12.0. The van der Waals surface area contributed by atoms with Crippen LogP contribution in [0.25, 0.3) is 0 Å². The van der Waals surface area contributed by atoms with Crippen LogP contribution in [0.2, 0.25) is 0 Å². The highest BCUT2D eigenvalue weighted by Crippen LogP contribution is 2.29. The zero-order valence-electron chi connectivity index (χ0n) is 10.4. The molecule has 0 aliphatic heterocycles. The van der Waals surface area contributed by atoms with E-state index in [0.29, 0.717) is 6.61 Å². The fourth-order valence-corrected chi connectivity index (χ4v) is 1.72. The molecule has 1 fully saturated rings. The molecule has 1 saturated carbocycles. The smallest absolute Gasteiger partial charge is 0.144 e. The molecule has 1 rings (SSSR count). The molecule has 0 spiro atoms. The SMILES string of the molecule is CC(C)(CCOCCC1CCC1)C(N)=NO. The van der Waals surface area contributed by atoms with Crippen LogP contribution in [0.1, 0.15) is 46.0 Å². The van der Waals surface area contributed by atoms with Gasteiger partial charge in [0.2, 0.25) is 0 Å². The van der Waals surface area contributed by atoms with Crippen molar-refractivity contribution in [1.82, 2.24) is 0 Å². The van der Waals surface area contributed by atoms with Gasteiger partial charge in [-0.1, -0.05) is 38.3 Å². The van der Waals surface area contributed by atoms with Gasteiger partial charge in [-0.3, -0.25) is 0 Å². The number of hydrogen-bond donors (Lipinski definition) is 2. The fraction of sp³-hybridized carbons (Fsp3) is 0.917. The van der Waals surface area contributed by atoms with Crippen LogP contribution in [-0.2, 0) is 4.74 Å². The van der Waals surface area contributed by atoms with Crippen molar-refractivity contribution < 1.29 is 9.94 Å². The van der Waals surface area contributed by atoms with E-state index in [1.54, 1.807) is 0 Å². The maximum Gasteiger partial charge on any atom is 0.144 e. The summed E-state index contributed by atoms with van der Waals surface area (Å²) in [5.74, 6) is 1.17. The fourth-order valence-electron chi connectivity index (χ4n) is 1.72. The zero-order valence-corrected chi connectivity index (χ0v) is 10.4. The molecular weight excluding hydrogens is 204 g/mol. The van der Waals surface area contributed by atoms with Crippen LogP contribution in [0.3, 0.4) is 0 Å². The van der Waals surface area contributed by atoms with Gasteiger partial charge < -0.3 is 15.7 Å². The average Bonchev–Trinajstić information content (AvgIpc) is 2.19. The first-order valence-corrected chi connectivity index (χ1v) is 6.12. The van der Waals surface area contributed by atoms with Crippen molar-refractivity contribution in [1.29, 1.82) is 0 Å². The van der Waals surface area contributed by atoms with Gasteiger partial charge in [0.15, 0.2) is 0 Å². The summed E-state index contributed by atoms with van der Waals surface area (Å²) < 4.78 is 5.58. The molecule has 0 saturated heterocycles. The summed E-state index contributed by atoms with van der Waals surface area (Å²) in [6.07, 6.45) is 6.11. The molecule has 0 atom stereocenters. The van der Waals surface area contributed by atoms with Gasteiger partial charge in [0.1, 0.15) is 5.84 Å². The summed E-state index contributed by atoms with van der Waals surface area (Å²) in [7, 11) is 0. The monoisotopic (exact) mass is 228 g/mol. The minimum Gasteiger partial charge on any atom is -0.409 e. The number of ether oxygens (including phenoxy) is 1. The normalized spacial score (nSPS) is 18.5. The highest BCUT2D eigenvalue weighted by atomic mass is 16.5. The molecular formula is C12H24N2O2. The molecule has 1 aliphatic carbocycles. The van der Waals surface area contributed by atoms with Gasteiger partial charge in [0.25, 0.3) is 0 Å². The van der Waals surface area contributed by atoms with Crippen molar-refractivity contribution in [3.05, 3.63) is 0 Å². The van der Waals surface area contributed by atoms with Crippen molar-refractivity contribution >= 4 is 5.84 Å².